The van der Waals surface area contributed by atoms with Crippen molar-refractivity contribution in [1.82, 2.24) is 9.38 Å². The molecule has 148 valence electrons. The van der Waals surface area contributed by atoms with Gasteiger partial charge in [0.25, 0.3) is 0 Å². The Kier molecular flexibility index (Phi) is 5.03. The van der Waals surface area contributed by atoms with Crippen molar-refractivity contribution in [1.29, 1.82) is 0 Å². The lowest BCUT2D eigenvalue weighted by Crippen LogP contribution is -2.05. The Hall–Kier alpha value is -3.25. The van der Waals surface area contributed by atoms with Crippen molar-refractivity contribution in [2.75, 3.05) is 12.4 Å². The maximum absolute atomic E-state index is 14.3. The number of phenols is 1. The topological polar surface area (TPSA) is 58.8 Å². The van der Waals surface area contributed by atoms with Gasteiger partial charge in [-0.05, 0) is 48.9 Å². The molecule has 2 aromatic heterocycles. The van der Waals surface area contributed by atoms with Crippen LogP contribution in [0.2, 0.25) is 5.02 Å². The van der Waals surface area contributed by atoms with Gasteiger partial charge in [-0.2, -0.15) is 0 Å². The Morgan fingerprint density at radius 1 is 1.17 bits per heavy atom. The minimum Gasteiger partial charge on any atom is -0.502 e. The summed E-state index contributed by atoms with van der Waals surface area (Å²) in [7, 11) is 1.38. The molecular weight excluding hydrogens is 393 g/mol. The van der Waals surface area contributed by atoms with Crippen LogP contribution in [0, 0.1) is 12.7 Å². The molecule has 0 spiro atoms. The Labute approximate surface area is 172 Å². The van der Waals surface area contributed by atoms with Crippen LogP contribution in [0.5, 0.6) is 11.5 Å². The van der Waals surface area contributed by atoms with E-state index in [0.29, 0.717) is 22.8 Å². The minimum atomic E-state index is -0.767. The lowest BCUT2D eigenvalue weighted by atomic mass is 10.1. The van der Waals surface area contributed by atoms with E-state index in [1.807, 2.05) is 53.8 Å². The number of aryl methyl sites for hydroxylation is 1. The van der Waals surface area contributed by atoms with E-state index < -0.39 is 11.6 Å². The van der Waals surface area contributed by atoms with Crippen LogP contribution in [-0.2, 0) is 6.54 Å². The number of hydrogen-bond acceptors (Lipinski definition) is 4. The number of ether oxygens (including phenoxy) is 1. The molecule has 7 heteroatoms. The Bertz CT molecular complexity index is 1190. The van der Waals surface area contributed by atoms with E-state index in [1.54, 1.807) is 6.07 Å². The molecule has 0 atom stereocenters. The van der Waals surface area contributed by atoms with Gasteiger partial charge in [-0.15, -0.1) is 0 Å². The molecule has 5 nitrogen and oxygen atoms in total. The number of hydrogen-bond donors (Lipinski definition) is 2. The second kappa shape index (κ2) is 7.64. The number of phenolic OH excluding ortho intramolecular Hbond substituents is 1. The number of nitrogens with one attached hydrogen (secondary N) is 1. The van der Waals surface area contributed by atoms with E-state index in [0.717, 1.165) is 22.7 Å². The predicted octanol–water partition coefficient (Wildman–Crippen LogP) is 5.43. The van der Waals surface area contributed by atoms with Crippen LogP contribution >= 0.6 is 11.6 Å². The van der Waals surface area contributed by atoms with Gasteiger partial charge in [0, 0.05) is 22.8 Å². The van der Waals surface area contributed by atoms with E-state index in [9.17, 15) is 9.50 Å². The Balaban J connectivity index is 1.84. The highest BCUT2D eigenvalue weighted by molar-refractivity contribution is 6.30. The molecule has 2 aromatic carbocycles. The number of pyridine rings is 1. The number of nitrogens with zero attached hydrogens (tertiary/aromatic N) is 2. The van der Waals surface area contributed by atoms with E-state index >= 15 is 0 Å². The van der Waals surface area contributed by atoms with Crippen molar-refractivity contribution in [2.24, 2.45) is 0 Å². The number of imidazole rings is 1. The summed E-state index contributed by atoms with van der Waals surface area (Å²) >= 11 is 5.97. The molecule has 2 N–H and O–H groups in total. The number of anilines is 1. The normalized spacial score (nSPS) is 11.0. The number of benzene rings is 2. The first kappa shape index (κ1) is 19.1. The molecular formula is C22H19ClFN3O2. The average Bonchev–Trinajstić information content (AvgIpc) is 3.09. The fourth-order valence-electron chi connectivity index (χ4n) is 3.27. The zero-order chi connectivity index (χ0) is 20.5. The first-order valence-corrected chi connectivity index (χ1v) is 9.39. The van der Waals surface area contributed by atoms with Crippen LogP contribution in [0.3, 0.4) is 0 Å². The zero-order valence-corrected chi connectivity index (χ0v) is 16.7. The Morgan fingerprint density at radius 3 is 2.66 bits per heavy atom. The summed E-state index contributed by atoms with van der Waals surface area (Å²) in [6.07, 6.45) is 0. The van der Waals surface area contributed by atoms with Crippen LogP contribution in [0.15, 0.2) is 54.6 Å². The molecule has 0 bridgehead atoms. The summed E-state index contributed by atoms with van der Waals surface area (Å²) in [5.74, 6) is -0.513. The first-order chi connectivity index (χ1) is 14.0. The summed E-state index contributed by atoms with van der Waals surface area (Å²) in [6.45, 7) is 2.51. The molecule has 0 unspecified atom stereocenters. The highest BCUT2D eigenvalue weighted by Crippen LogP contribution is 2.37. The molecule has 0 fully saturated rings. The van der Waals surface area contributed by atoms with Gasteiger partial charge in [-0.1, -0.05) is 29.8 Å². The second-order valence-corrected chi connectivity index (χ2v) is 7.10. The van der Waals surface area contributed by atoms with Gasteiger partial charge in [0.2, 0.25) is 0 Å². The fourth-order valence-corrected chi connectivity index (χ4v) is 3.40. The van der Waals surface area contributed by atoms with Crippen LogP contribution in [0.25, 0.3) is 16.9 Å². The molecule has 0 radical (unpaired) electrons. The molecule has 0 aliphatic heterocycles. The lowest BCUT2D eigenvalue weighted by molar-refractivity contribution is 0.357. The second-order valence-electron chi connectivity index (χ2n) is 6.66. The van der Waals surface area contributed by atoms with Crippen molar-refractivity contribution >= 4 is 23.1 Å². The van der Waals surface area contributed by atoms with Crippen molar-refractivity contribution in [3.8, 4) is 22.8 Å². The Morgan fingerprint density at radius 2 is 1.93 bits per heavy atom. The molecule has 0 aliphatic rings. The van der Waals surface area contributed by atoms with Gasteiger partial charge < -0.3 is 15.2 Å². The highest BCUT2D eigenvalue weighted by atomic mass is 35.5. The third kappa shape index (κ3) is 3.59. The molecule has 0 saturated heterocycles. The fraction of sp³-hybridized carbons (Fsp3) is 0.136. The standard InChI is InChI=1S/C22H19ClFN3O2/c1-13-4-3-5-19-26-20(15-10-17(24)21(28)18(11-15)29-2)22(27(13)19)25-12-14-6-8-16(23)9-7-14/h3-11,25,28H,12H2,1-2H3. The van der Waals surface area contributed by atoms with Crippen molar-refractivity contribution in [2.45, 2.75) is 13.5 Å². The van der Waals surface area contributed by atoms with Gasteiger partial charge in [-0.3, -0.25) is 4.40 Å². The molecule has 0 saturated carbocycles. The van der Waals surface area contributed by atoms with E-state index in [1.165, 1.54) is 13.2 Å². The number of aromatic nitrogens is 2. The number of halogens is 2. The van der Waals surface area contributed by atoms with Gasteiger partial charge in [0.05, 0.1) is 7.11 Å². The predicted molar refractivity (Wildman–Crippen MR) is 112 cm³/mol. The molecule has 0 aliphatic carbocycles. The van der Waals surface area contributed by atoms with E-state index in [2.05, 4.69) is 5.32 Å². The maximum Gasteiger partial charge on any atom is 0.194 e. The summed E-state index contributed by atoms with van der Waals surface area (Å²) in [6, 6.07) is 16.2. The molecule has 29 heavy (non-hydrogen) atoms. The van der Waals surface area contributed by atoms with E-state index in [4.69, 9.17) is 21.3 Å². The van der Waals surface area contributed by atoms with Crippen molar-refractivity contribution in [3.63, 3.8) is 0 Å². The van der Waals surface area contributed by atoms with Gasteiger partial charge in [0.15, 0.2) is 17.3 Å². The van der Waals surface area contributed by atoms with Gasteiger partial charge in [-0.25, -0.2) is 9.37 Å². The summed E-state index contributed by atoms with van der Waals surface area (Å²) in [5.41, 5.74) is 3.81. The van der Waals surface area contributed by atoms with Crippen LogP contribution in [0.1, 0.15) is 11.3 Å². The molecule has 4 aromatic rings. The highest BCUT2D eigenvalue weighted by Gasteiger charge is 2.19. The maximum atomic E-state index is 14.3. The number of methoxy groups -OCH3 is 1. The third-order valence-corrected chi connectivity index (χ3v) is 4.99. The average molecular weight is 412 g/mol. The smallest absolute Gasteiger partial charge is 0.194 e. The monoisotopic (exact) mass is 411 g/mol. The molecule has 0 amide bonds. The summed E-state index contributed by atoms with van der Waals surface area (Å²) in [5, 5.41) is 13.9. The van der Waals surface area contributed by atoms with Crippen molar-refractivity contribution in [3.05, 3.63) is 76.7 Å². The first-order valence-electron chi connectivity index (χ1n) is 9.01. The van der Waals surface area contributed by atoms with Crippen LogP contribution in [-0.4, -0.2) is 21.6 Å². The number of rotatable bonds is 5. The lowest BCUT2D eigenvalue weighted by Gasteiger charge is -2.12. The summed E-state index contributed by atoms with van der Waals surface area (Å²) in [4.78, 5) is 4.69. The molecule has 2 heterocycles. The van der Waals surface area contributed by atoms with Crippen molar-refractivity contribution < 1.29 is 14.2 Å². The minimum absolute atomic E-state index is 0.0532. The van der Waals surface area contributed by atoms with E-state index in [-0.39, 0.29) is 5.75 Å². The van der Waals surface area contributed by atoms with Crippen LogP contribution < -0.4 is 10.1 Å². The largest absolute Gasteiger partial charge is 0.502 e. The zero-order valence-electron chi connectivity index (χ0n) is 15.9. The third-order valence-electron chi connectivity index (χ3n) is 4.73. The quantitative estimate of drug-likeness (QED) is 0.460. The van der Waals surface area contributed by atoms with Gasteiger partial charge in [0.1, 0.15) is 17.2 Å². The number of fused-ring (bicyclic) bond motifs is 1. The molecule has 4 rings (SSSR count). The van der Waals surface area contributed by atoms with Gasteiger partial charge >= 0.3 is 0 Å². The van der Waals surface area contributed by atoms with Crippen LogP contribution in [0.4, 0.5) is 10.2 Å². The summed E-state index contributed by atoms with van der Waals surface area (Å²) < 4.78 is 21.4. The number of aromatic hydroxyl groups is 1. The SMILES string of the molecule is COc1cc(-c2nc3cccc(C)n3c2NCc2ccc(Cl)cc2)cc(F)c1O.